The standard InChI is InChI=1S/C23H27N3O4S/c1-4-29-15-10-11-17(30-5-2)16(13-15)24-21(27)20-14(3)19-22(31-20)25-18-9-7-6-8-12-26(18)23(19)28/h10-11,13H,4-9,12H2,1-3H3,(H,24,27). The Hall–Kier alpha value is -2.87. The number of nitrogens with zero attached hydrogens (tertiary/aromatic N) is 2. The van der Waals surface area contributed by atoms with Gasteiger partial charge >= 0.3 is 0 Å². The lowest BCUT2D eigenvalue weighted by Gasteiger charge is -2.13. The van der Waals surface area contributed by atoms with Crippen LogP contribution in [0.15, 0.2) is 23.0 Å². The molecule has 1 aliphatic rings. The zero-order valence-corrected chi connectivity index (χ0v) is 18.9. The van der Waals surface area contributed by atoms with E-state index in [0.29, 0.717) is 57.6 Å². The molecule has 31 heavy (non-hydrogen) atoms. The lowest BCUT2D eigenvalue weighted by atomic mass is 10.2. The highest BCUT2D eigenvalue weighted by molar-refractivity contribution is 7.20. The molecule has 0 saturated carbocycles. The van der Waals surface area contributed by atoms with Crippen LogP contribution < -0.4 is 20.3 Å². The van der Waals surface area contributed by atoms with E-state index in [1.54, 1.807) is 16.7 Å². The summed E-state index contributed by atoms with van der Waals surface area (Å²) < 4.78 is 13.0. The zero-order chi connectivity index (χ0) is 22.0. The number of thiophene rings is 1. The molecule has 2 aromatic heterocycles. The summed E-state index contributed by atoms with van der Waals surface area (Å²) in [5.74, 6) is 1.77. The van der Waals surface area contributed by atoms with Gasteiger partial charge in [0.15, 0.2) is 0 Å². The number of amides is 1. The summed E-state index contributed by atoms with van der Waals surface area (Å²) in [5.41, 5.74) is 1.17. The SMILES string of the molecule is CCOc1ccc(OCC)c(NC(=O)c2sc3nc4n(c(=O)c3c2C)CCCCC4)c1. The summed E-state index contributed by atoms with van der Waals surface area (Å²) in [6.07, 6.45) is 3.91. The first-order valence-electron chi connectivity index (χ1n) is 10.8. The van der Waals surface area contributed by atoms with Crippen LogP contribution in [0.3, 0.4) is 0 Å². The van der Waals surface area contributed by atoms with Crippen molar-refractivity contribution in [1.29, 1.82) is 0 Å². The Morgan fingerprint density at radius 2 is 2.00 bits per heavy atom. The van der Waals surface area contributed by atoms with Crippen molar-refractivity contribution in [1.82, 2.24) is 9.55 Å². The first-order valence-corrected chi connectivity index (χ1v) is 11.6. The number of hydrogen-bond donors (Lipinski definition) is 1. The first kappa shape index (κ1) is 21.4. The van der Waals surface area contributed by atoms with Crippen LogP contribution in [0.25, 0.3) is 10.2 Å². The largest absolute Gasteiger partial charge is 0.494 e. The molecule has 164 valence electrons. The molecule has 7 nitrogen and oxygen atoms in total. The summed E-state index contributed by atoms with van der Waals surface area (Å²) >= 11 is 1.27. The molecule has 0 atom stereocenters. The van der Waals surface area contributed by atoms with Crippen molar-refractivity contribution in [3.8, 4) is 11.5 Å². The predicted octanol–water partition coefficient (Wildman–Crippen LogP) is 4.54. The summed E-state index contributed by atoms with van der Waals surface area (Å²) in [6.45, 7) is 7.31. The van der Waals surface area contributed by atoms with Gasteiger partial charge in [-0.2, -0.15) is 0 Å². The maximum absolute atomic E-state index is 13.2. The molecule has 0 saturated heterocycles. The molecule has 3 aromatic rings. The summed E-state index contributed by atoms with van der Waals surface area (Å²) in [6, 6.07) is 5.35. The van der Waals surface area contributed by atoms with E-state index in [-0.39, 0.29) is 11.5 Å². The van der Waals surface area contributed by atoms with Crippen molar-refractivity contribution < 1.29 is 14.3 Å². The van der Waals surface area contributed by atoms with Crippen molar-refractivity contribution in [2.45, 2.75) is 53.0 Å². The minimum atomic E-state index is -0.283. The first-order chi connectivity index (χ1) is 15.0. The third kappa shape index (κ3) is 4.17. The molecular weight excluding hydrogens is 414 g/mol. The number of aryl methyl sites for hydroxylation is 2. The number of benzene rings is 1. The fourth-order valence-electron chi connectivity index (χ4n) is 3.95. The van der Waals surface area contributed by atoms with E-state index in [1.807, 2.05) is 26.8 Å². The Balaban J connectivity index is 1.72. The third-order valence-corrected chi connectivity index (χ3v) is 6.61. The van der Waals surface area contributed by atoms with Gasteiger partial charge in [-0.15, -0.1) is 11.3 Å². The van der Waals surface area contributed by atoms with Gasteiger partial charge in [0.05, 0.1) is 29.2 Å². The lowest BCUT2D eigenvalue weighted by Crippen LogP contribution is -2.24. The second-order valence-electron chi connectivity index (χ2n) is 7.51. The lowest BCUT2D eigenvalue weighted by molar-refractivity contribution is 0.102. The van der Waals surface area contributed by atoms with Gasteiger partial charge in [0.1, 0.15) is 22.2 Å². The molecular formula is C23H27N3O4S. The summed E-state index contributed by atoms with van der Waals surface area (Å²) in [7, 11) is 0. The number of hydrogen-bond acceptors (Lipinski definition) is 6. The van der Waals surface area contributed by atoms with Gasteiger partial charge in [0, 0.05) is 19.0 Å². The van der Waals surface area contributed by atoms with Gasteiger partial charge in [0.2, 0.25) is 0 Å². The van der Waals surface area contributed by atoms with E-state index in [9.17, 15) is 9.59 Å². The van der Waals surface area contributed by atoms with Gasteiger partial charge < -0.3 is 14.8 Å². The van der Waals surface area contributed by atoms with Gasteiger partial charge in [-0.1, -0.05) is 6.42 Å². The predicted molar refractivity (Wildman–Crippen MR) is 123 cm³/mol. The van der Waals surface area contributed by atoms with Crippen molar-refractivity contribution >= 4 is 33.1 Å². The molecule has 8 heteroatoms. The number of carbonyl (C=O) groups is 1. The molecule has 0 fully saturated rings. The average molecular weight is 442 g/mol. The number of fused-ring (bicyclic) bond motifs is 2. The number of ether oxygens (including phenoxy) is 2. The molecule has 0 aliphatic carbocycles. The molecule has 1 N–H and O–H groups in total. The fraction of sp³-hybridized carbons (Fsp3) is 0.435. The number of aromatic nitrogens is 2. The number of anilines is 1. The Bertz CT molecular complexity index is 1180. The van der Waals surface area contributed by atoms with Gasteiger partial charge in [-0.25, -0.2) is 4.98 Å². The van der Waals surface area contributed by atoms with Crippen LogP contribution in [0.2, 0.25) is 0 Å². The van der Waals surface area contributed by atoms with E-state index in [1.165, 1.54) is 11.3 Å². The van der Waals surface area contributed by atoms with Gasteiger partial charge in [0.25, 0.3) is 11.5 Å². The maximum Gasteiger partial charge on any atom is 0.266 e. The monoisotopic (exact) mass is 441 g/mol. The molecule has 0 radical (unpaired) electrons. The minimum absolute atomic E-state index is 0.0388. The van der Waals surface area contributed by atoms with Crippen LogP contribution in [-0.2, 0) is 13.0 Å². The minimum Gasteiger partial charge on any atom is -0.494 e. The van der Waals surface area contributed by atoms with E-state index in [4.69, 9.17) is 14.5 Å². The number of carbonyl (C=O) groups excluding carboxylic acids is 1. The fourth-order valence-corrected chi connectivity index (χ4v) is 5.04. The molecule has 1 amide bonds. The zero-order valence-electron chi connectivity index (χ0n) is 18.1. The van der Waals surface area contributed by atoms with Crippen molar-refractivity contribution in [2.24, 2.45) is 0 Å². The molecule has 4 rings (SSSR count). The highest BCUT2D eigenvalue weighted by Crippen LogP contribution is 2.33. The van der Waals surface area contributed by atoms with Crippen LogP contribution in [0.4, 0.5) is 5.69 Å². The second-order valence-corrected chi connectivity index (χ2v) is 8.51. The Morgan fingerprint density at radius 3 is 2.77 bits per heavy atom. The normalized spacial score (nSPS) is 13.5. The Morgan fingerprint density at radius 1 is 1.19 bits per heavy atom. The summed E-state index contributed by atoms with van der Waals surface area (Å²) in [5, 5.41) is 3.49. The van der Waals surface area contributed by atoms with E-state index >= 15 is 0 Å². The maximum atomic E-state index is 13.2. The summed E-state index contributed by atoms with van der Waals surface area (Å²) in [4.78, 5) is 32.2. The number of nitrogens with one attached hydrogen (secondary N) is 1. The van der Waals surface area contributed by atoms with Crippen LogP contribution >= 0.6 is 11.3 Å². The van der Waals surface area contributed by atoms with Crippen molar-refractivity contribution in [3.63, 3.8) is 0 Å². The van der Waals surface area contributed by atoms with Crippen LogP contribution in [0.1, 0.15) is 54.2 Å². The van der Waals surface area contributed by atoms with Crippen molar-refractivity contribution in [3.05, 3.63) is 44.8 Å². The van der Waals surface area contributed by atoms with Crippen LogP contribution in [0.5, 0.6) is 11.5 Å². The van der Waals surface area contributed by atoms with Crippen LogP contribution in [-0.4, -0.2) is 28.7 Å². The molecule has 1 aliphatic heterocycles. The number of rotatable bonds is 6. The molecule has 3 heterocycles. The highest BCUT2D eigenvalue weighted by Gasteiger charge is 2.23. The molecule has 0 bridgehead atoms. The Labute approximate surface area is 185 Å². The third-order valence-electron chi connectivity index (χ3n) is 5.43. The van der Waals surface area contributed by atoms with Gasteiger partial charge in [-0.05, 0) is 51.3 Å². The molecule has 0 spiro atoms. The average Bonchev–Trinajstić information content (AvgIpc) is 2.92. The van der Waals surface area contributed by atoms with E-state index < -0.39 is 0 Å². The molecule has 1 aromatic carbocycles. The topological polar surface area (TPSA) is 82.4 Å². The van der Waals surface area contributed by atoms with E-state index in [0.717, 1.165) is 31.5 Å². The van der Waals surface area contributed by atoms with Crippen LogP contribution in [0, 0.1) is 6.92 Å². The van der Waals surface area contributed by atoms with E-state index in [2.05, 4.69) is 5.32 Å². The quantitative estimate of drug-likeness (QED) is 0.607. The van der Waals surface area contributed by atoms with Gasteiger partial charge in [-0.3, -0.25) is 14.2 Å². The molecule has 0 unspecified atom stereocenters. The second kappa shape index (κ2) is 9.09. The highest BCUT2D eigenvalue weighted by atomic mass is 32.1. The smallest absolute Gasteiger partial charge is 0.266 e. The van der Waals surface area contributed by atoms with Crippen molar-refractivity contribution in [2.75, 3.05) is 18.5 Å². The Kier molecular flexibility index (Phi) is 6.27.